The third-order valence-corrected chi connectivity index (χ3v) is 4.43. The molecule has 0 aliphatic carbocycles. The molecule has 0 bridgehead atoms. The average molecular weight is 401 g/mol. The first-order valence-electron chi connectivity index (χ1n) is 9.26. The first kappa shape index (κ1) is 22.0. The van der Waals surface area contributed by atoms with E-state index in [-0.39, 0.29) is 24.6 Å². The van der Waals surface area contributed by atoms with E-state index in [4.69, 9.17) is 4.74 Å². The van der Waals surface area contributed by atoms with Crippen molar-refractivity contribution in [1.82, 2.24) is 10.3 Å². The van der Waals surface area contributed by atoms with Crippen LogP contribution in [0.15, 0.2) is 61.3 Å². The topological polar surface area (TPSA) is 57.3 Å². The summed E-state index contributed by atoms with van der Waals surface area (Å²) in [6.07, 6.45) is 1.35. The number of fused-ring (bicyclic) bond motifs is 1. The van der Waals surface area contributed by atoms with Crippen molar-refractivity contribution in [2.45, 2.75) is 32.4 Å². The lowest BCUT2D eigenvalue weighted by molar-refractivity contribution is 0.0999. The van der Waals surface area contributed by atoms with E-state index >= 15 is 0 Å². The van der Waals surface area contributed by atoms with Gasteiger partial charge in [-0.25, -0.2) is 0 Å². The molecule has 4 nitrogen and oxygen atoms in total. The molecular weight excluding hydrogens is 372 g/mol. The molecule has 3 aromatic rings. The quantitative estimate of drug-likeness (QED) is 0.535. The van der Waals surface area contributed by atoms with Gasteiger partial charge in [-0.1, -0.05) is 36.9 Å². The van der Waals surface area contributed by atoms with Gasteiger partial charge in [0.2, 0.25) is 0 Å². The summed E-state index contributed by atoms with van der Waals surface area (Å²) in [5.41, 5.74) is 3.94. The van der Waals surface area contributed by atoms with Gasteiger partial charge < -0.3 is 20.1 Å². The molecule has 3 rings (SSSR count). The van der Waals surface area contributed by atoms with Gasteiger partial charge in [-0.15, -0.1) is 12.4 Å². The van der Waals surface area contributed by atoms with E-state index in [1.165, 1.54) is 0 Å². The molecule has 0 spiro atoms. The Bertz CT molecular complexity index is 927. The van der Waals surface area contributed by atoms with Gasteiger partial charge in [0.05, 0.1) is 0 Å². The number of benzene rings is 2. The summed E-state index contributed by atoms with van der Waals surface area (Å²) < 4.78 is 5.94. The predicted molar refractivity (Wildman–Crippen MR) is 119 cm³/mol. The van der Waals surface area contributed by atoms with Crippen LogP contribution in [0.25, 0.3) is 16.5 Å². The molecule has 0 amide bonds. The molecule has 0 fully saturated rings. The molecule has 2 aromatic carbocycles. The van der Waals surface area contributed by atoms with Crippen LogP contribution in [0.5, 0.6) is 5.75 Å². The van der Waals surface area contributed by atoms with Crippen LogP contribution in [0.1, 0.15) is 31.9 Å². The number of aromatic amines is 1. The SMILES string of the molecule is C=C(c1ccccc1OCC(O)CNC(C)(C)C)c1cccc2[nH]ccc12.Cl. The van der Waals surface area contributed by atoms with Crippen LogP contribution >= 0.6 is 12.4 Å². The lowest BCUT2D eigenvalue weighted by atomic mass is 9.96. The van der Waals surface area contributed by atoms with Gasteiger partial charge in [0, 0.05) is 34.7 Å². The number of rotatable bonds is 7. The van der Waals surface area contributed by atoms with Crippen molar-refractivity contribution < 1.29 is 9.84 Å². The number of hydrogen-bond acceptors (Lipinski definition) is 3. The van der Waals surface area contributed by atoms with Gasteiger partial charge >= 0.3 is 0 Å². The van der Waals surface area contributed by atoms with E-state index in [0.717, 1.165) is 33.4 Å². The average Bonchev–Trinajstić information content (AvgIpc) is 3.12. The molecule has 3 N–H and O–H groups in total. The Morgan fingerprint density at radius 1 is 1.11 bits per heavy atom. The van der Waals surface area contributed by atoms with Crippen LogP contribution in [0.3, 0.4) is 0 Å². The molecule has 1 unspecified atom stereocenters. The summed E-state index contributed by atoms with van der Waals surface area (Å²) in [4.78, 5) is 3.23. The smallest absolute Gasteiger partial charge is 0.127 e. The standard InChI is InChI=1S/C23H28N2O2.ClH/c1-16(18-9-7-10-21-20(18)12-13-24-21)19-8-5-6-11-22(19)27-15-17(26)14-25-23(2,3)4;/h5-13,17,24-26H,1,14-15H2,2-4H3;1H. The number of β-amino-alcohol motifs (C(OH)–C–C–N with tert-alkyl or cyclic N) is 1. The van der Waals surface area contributed by atoms with Crippen LogP contribution in [0.4, 0.5) is 0 Å². The zero-order chi connectivity index (χ0) is 19.4. The van der Waals surface area contributed by atoms with Gasteiger partial charge in [0.25, 0.3) is 0 Å². The number of aromatic nitrogens is 1. The molecule has 150 valence electrons. The summed E-state index contributed by atoms with van der Waals surface area (Å²) in [6, 6.07) is 16.0. The zero-order valence-electron chi connectivity index (χ0n) is 16.7. The number of ether oxygens (including phenoxy) is 1. The highest BCUT2D eigenvalue weighted by Gasteiger charge is 2.15. The minimum atomic E-state index is -0.585. The second-order valence-corrected chi connectivity index (χ2v) is 7.81. The maximum atomic E-state index is 10.2. The van der Waals surface area contributed by atoms with Crippen molar-refractivity contribution in [2.24, 2.45) is 0 Å². The summed E-state index contributed by atoms with van der Waals surface area (Å²) >= 11 is 0. The largest absolute Gasteiger partial charge is 0.490 e. The summed E-state index contributed by atoms with van der Waals surface area (Å²) in [6.45, 7) is 11.2. The van der Waals surface area contributed by atoms with Crippen molar-refractivity contribution >= 4 is 28.9 Å². The minimum absolute atomic E-state index is 0. The van der Waals surface area contributed by atoms with Crippen molar-refractivity contribution in [1.29, 1.82) is 0 Å². The molecule has 5 heteroatoms. The zero-order valence-corrected chi connectivity index (χ0v) is 17.5. The third kappa shape index (κ3) is 5.38. The Balaban J connectivity index is 0.00000280. The number of para-hydroxylation sites is 1. The normalized spacial score (nSPS) is 12.4. The van der Waals surface area contributed by atoms with Crippen molar-refractivity contribution in [3.05, 3.63) is 72.4 Å². The predicted octanol–water partition coefficient (Wildman–Crippen LogP) is 4.78. The third-order valence-electron chi connectivity index (χ3n) is 4.43. The number of halogens is 1. The van der Waals surface area contributed by atoms with Crippen LogP contribution in [-0.2, 0) is 0 Å². The Morgan fingerprint density at radius 3 is 2.57 bits per heavy atom. The van der Waals surface area contributed by atoms with Crippen LogP contribution in [0.2, 0.25) is 0 Å². The summed E-state index contributed by atoms with van der Waals surface area (Å²) in [5.74, 6) is 0.727. The molecule has 28 heavy (non-hydrogen) atoms. The first-order chi connectivity index (χ1) is 12.8. The number of H-pyrrole nitrogens is 1. The maximum absolute atomic E-state index is 10.2. The fraction of sp³-hybridized carbons (Fsp3) is 0.304. The van der Waals surface area contributed by atoms with E-state index < -0.39 is 6.10 Å². The van der Waals surface area contributed by atoms with Gasteiger partial charge in [0.1, 0.15) is 18.5 Å². The monoisotopic (exact) mass is 400 g/mol. The number of hydrogen-bond donors (Lipinski definition) is 3. The highest BCUT2D eigenvalue weighted by Crippen LogP contribution is 2.33. The molecule has 0 saturated carbocycles. The Hall–Kier alpha value is -2.27. The Kier molecular flexibility index (Phi) is 7.30. The molecule has 1 aromatic heterocycles. The fourth-order valence-corrected chi connectivity index (χ4v) is 3.00. The molecular formula is C23H29ClN2O2. The number of aliphatic hydroxyl groups is 1. The van der Waals surface area contributed by atoms with Crippen LogP contribution < -0.4 is 10.1 Å². The minimum Gasteiger partial charge on any atom is -0.490 e. The second-order valence-electron chi connectivity index (χ2n) is 7.81. The summed E-state index contributed by atoms with van der Waals surface area (Å²) in [7, 11) is 0. The highest BCUT2D eigenvalue weighted by atomic mass is 35.5. The number of aliphatic hydroxyl groups excluding tert-OH is 1. The van der Waals surface area contributed by atoms with Crippen LogP contribution in [-0.4, -0.2) is 34.9 Å². The van der Waals surface area contributed by atoms with Gasteiger partial charge in [-0.05, 0) is 50.1 Å². The first-order valence-corrected chi connectivity index (χ1v) is 9.26. The highest BCUT2D eigenvalue weighted by molar-refractivity contribution is 5.96. The molecule has 0 radical (unpaired) electrons. The molecule has 1 atom stereocenters. The lowest BCUT2D eigenvalue weighted by Gasteiger charge is -2.23. The van der Waals surface area contributed by atoms with E-state index in [1.807, 2.05) is 42.6 Å². The van der Waals surface area contributed by atoms with E-state index in [1.54, 1.807) is 0 Å². The van der Waals surface area contributed by atoms with Gasteiger partial charge in [-0.2, -0.15) is 0 Å². The number of nitrogens with one attached hydrogen (secondary N) is 2. The summed E-state index contributed by atoms with van der Waals surface area (Å²) in [5, 5.41) is 14.6. The van der Waals surface area contributed by atoms with E-state index in [9.17, 15) is 5.11 Å². The molecule has 0 saturated heterocycles. The lowest BCUT2D eigenvalue weighted by Crippen LogP contribution is -2.42. The second kappa shape index (κ2) is 9.28. The maximum Gasteiger partial charge on any atom is 0.127 e. The Labute approximate surface area is 173 Å². The molecule has 0 aliphatic rings. The van der Waals surface area contributed by atoms with Crippen molar-refractivity contribution in [3.8, 4) is 5.75 Å². The molecule has 0 aliphatic heterocycles. The van der Waals surface area contributed by atoms with E-state index in [0.29, 0.717) is 6.54 Å². The molecule has 1 heterocycles. The van der Waals surface area contributed by atoms with Crippen molar-refractivity contribution in [2.75, 3.05) is 13.2 Å². The van der Waals surface area contributed by atoms with Gasteiger partial charge in [-0.3, -0.25) is 0 Å². The van der Waals surface area contributed by atoms with Crippen LogP contribution in [0, 0.1) is 0 Å². The van der Waals surface area contributed by atoms with Crippen molar-refractivity contribution in [3.63, 3.8) is 0 Å². The van der Waals surface area contributed by atoms with Gasteiger partial charge in [0.15, 0.2) is 0 Å². The Morgan fingerprint density at radius 2 is 1.82 bits per heavy atom. The van der Waals surface area contributed by atoms with E-state index in [2.05, 4.69) is 49.8 Å². The fourth-order valence-electron chi connectivity index (χ4n) is 3.00.